The van der Waals surface area contributed by atoms with Crippen LogP contribution in [0.3, 0.4) is 0 Å². The molecule has 2 aliphatic rings. The van der Waals surface area contributed by atoms with Gasteiger partial charge in [0.1, 0.15) is 41.6 Å². The molecule has 188 valence electrons. The predicted molar refractivity (Wildman–Crippen MR) is 141 cm³/mol. The Kier molecular flexibility index (Phi) is 6.23. The molecular formula is C27H23ClFN5O3. The van der Waals surface area contributed by atoms with Crippen molar-refractivity contribution in [2.45, 2.75) is 18.4 Å². The van der Waals surface area contributed by atoms with Crippen molar-refractivity contribution in [1.82, 2.24) is 9.97 Å². The molecule has 0 amide bonds. The van der Waals surface area contributed by atoms with E-state index in [4.69, 9.17) is 30.8 Å². The van der Waals surface area contributed by atoms with Crippen LogP contribution in [0.4, 0.5) is 21.6 Å². The fraction of sp³-hybridized carbons (Fsp3) is 0.222. The van der Waals surface area contributed by atoms with E-state index in [1.54, 1.807) is 24.3 Å². The van der Waals surface area contributed by atoms with Gasteiger partial charge in [0, 0.05) is 36.0 Å². The van der Waals surface area contributed by atoms with E-state index in [-0.39, 0.29) is 11.4 Å². The summed E-state index contributed by atoms with van der Waals surface area (Å²) in [6.45, 7) is 1.96. The largest absolute Gasteiger partial charge is 0.462 e. The SMILES string of the molecule is Fc1cccc(Oc2ccc(Nc3ncnc4ccc(NC5=NC6(CCOCC6)CO5)cc34)cc2Cl)c1. The number of aromatic nitrogens is 2. The average molecular weight is 520 g/mol. The predicted octanol–water partition coefficient (Wildman–Crippen LogP) is 6.31. The number of ether oxygens (including phenoxy) is 3. The fourth-order valence-electron chi connectivity index (χ4n) is 4.37. The Labute approximate surface area is 217 Å². The summed E-state index contributed by atoms with van der Waals surface area (Å²) >= 11 is 6.45. The number of halogens is 2. The number of rotatable bonds is 5. The van der Waals surface area contributed by atoms with Gasteiger partial charge in [0.15, 0.2) is 0 Å². The molecule has 0 saturated carbocycles. The molecule has 2 aliphatic heterocycles. The Bertz CT molecular complexity index is 1490. The van der Waals surface area contributed by atoms with Gasteiger partial charge < -0.3 is 24.8 Å². The van der Waals surface area contributed by atoms with Crippen LogP contribution in [-0.4, -0.2) is 41.3 Å². The molecule has 1 aromatic heterocycles. The summed E-state index contributed by atoms with van der Waals surface area (Å²) in [6.07, 6.45) is 3.21. The highest BCUT2D eigenvalue weighted by Gasteiger charge is 2.38. The van der Waals surface area contributed by atoms with Crippen molar-refractivity contribution < 1.29 is 18.6 Å². The molecule has 0 aliphatic carbocycles. The number of aliphatic imine (C=N–C) groups is 1. The van der Waals surface area contributed by atoms with Crippen LogP contribution < -0.4 is 15.4 Å². The van der Waals surface area contributed by atoms with E-state index in [9.17, 15) is 4.39 Å². The summed E-state index contributed by atoms with van der Waals surface area (Å²) in [5.74, 6) is 1.00. The van der Waals surface area contributed by atoms with Gasteiger partial charge in [-0.15, -0.1) is 0 Å². The summed E-state index contributed by atoms with van der Waals surface area (Å²) in [5, 5.41) is 7.76. The zero-order valence-electron chi connectivity index (χ0n) is 19.7. The minimum atomic E-state index is -0.383. The number of hydrogen-bond donors (Lipinski definition) is 2. The van der Waals surface area contributed by atoms with Crippen LogP contribution in [0.5, 0.6) is 11.5 Å². The maximum absolute atomic E-state index is 13.5. The quantitative estimate of drug-likeness (QED) is 0.319. The minimum absolute atomic E-state index is 0.197. The summed E-state index contributed by atoms with van der Waals surface area (Å²) in [4.78, 5) is 13.6. The van der Waals surface area contributed by atoms with Crippen molar-refractivity contribution in [3.63, 3.8) is 0 Å². The molecule has 1 saturated heterocycles. The molecule has 1 fully saturated rings. The van der Waals surface area contributed by atoms with E-state index >= 15 is 0 Å². The van der Waals surface area contributed by atoms with Crippen LogP contribution in [-0.2, 0) is 9.47 Å². The van der Waals surface area contributed by atoms with Gasteiger partial charge in [0.2, 0.25) is 0 Å². The second-order valence-electron chi connectivity index (χ2n) is 8.95. The van der Waals surface area contributed by atoms with Gasteiger partial charge in [0.25, 0.3) is 6.02 Å². The van der Waals surface area contributed by atoms with Crippen LogP contribution in [0, 0.1) is 5.82 Å². The first-order valence-corrected chi connectivity index (χ1v) is 12.3. The lowest BCUT2D eigenvalue weighted by molar-refractivity contribution is 0.0442. The van der Waals surface area contributed by atoms with E-state index in [1.165, 1.54) is 18.5 Å². The first kappa shape index (κ1) is 23.4. The third-order valence-electron chi connectivity index (χ3n) is 6.34. The van der Waals surface area contributed by atoms with Gasteiger partial charge >= 0.3 is 0 Å². The number of anilines is 3. The number of nitrogens with one attached hydrogen (secondary N) is 2. The molecule has 0 radical (unpaired) electrons. The second-order valence-corrected chi connectivity index (χ2v) is 9.36. The highest BCUT2D eigenvalue weighted by molar-refractivity contribution is 6.32. The van der Waals surface area contributed by atoms with Gasteiger partial charge in [-0.2, -0.15) is 0 Å². The summed E-state index contributed by atoms with van der Waals surface area (Å²) in [5.41, 5.74) is 2.09. The summed E-state index contributed by atoms with van der Waals surface area (Å²) < 4.78 is 30.5. The van der Waals surface area contributed by atoms with Crippen LogP contribution in [0.2, 0.25) is 5.02 Å². The van der Waals surface area contributed by atoms with Crippen molar-refractivity contribution >= 4 is 45.7 Å². The highest BCUT2D eigenvalue weighted by Crippen LogP contribution is 2.34. The van der Waals surface area contributed by atoms with Gasteiger partial charge in [-0.1, -0.05) is 17.7 Å². The molecule has 3 aromatic carbocycles. The van der Waals surface area contributed by atoms with Gasteiger partial charge in [0.05, 0.1) is 10.5 Å². The normalized spacial score (nSPS) is 16.3. The monoisotopic (exact) mass is 519 g/mol. The van der Waals surface area contributed by atoms with Crippen molar-refractivity contribution in [2.24, 2.45) is 4.99 Å². The summed E-state index contributed by atoms with van der Waals surface area (Å²) in [7, 11) is 0. The van der Waals surface area contributed by atoms with Crippen LogP contribution >= 0.6 is 11.6 Å². The average Bonchev–Trinajstić information content (AvgIpc) is 3.27. The van der Waals surface area contributed by atoms with Gasteiger partial charge in [-0.3, -0.25) is 0 Å². The Balaban J connectivity index is 1.21. The zero-order chi connectivity index (χ0) is 25.2. The van der Waals surface area contributed by atoms with Crippen molar-refractivity contribution in [3.8, 4) is 11.5 Å². The van der Waals surface area contributed by atoms with Crippen molar-refractivity contribution in [3.05, 3.63) is 77.8 Å². The molecule has 37 heavy (non-hydrogen) atoms. The van der Waals surface area contributed by atoms with Crippen molar-refractivity contribution in [2.75, 3.05) is 30.5 Å². The molecule has 1 spiro atoms. The summed E-state index contributed by atoms with van der Waals surface area (Å²) in [6, 6.07) is 17.4. The molecule has 2 N–H and O–H groups in total. The zero-order valence-corrected chi connectivity index (χ0v) is 20.5. The maximum atomic E-state index is 13.5. The molecule has 8 nitrogen and oxygen atoms in total. The standard InChI is InChI=1S/C27H23ClFN5O3/c28-22-14-19(5-7-24(22)37-20-3-1-2-17(29)12-20)32-25-21-13-18(4-6-23(21)30-16-31-25)33-26-34-27(15-36-26)8-10-35-11-9-27/h1-7,12-14,16H,8-11,15H2,(H,33,34)(H,30,31,32). The minimum Gasteiger partial charge on any atom is -0.462 e. The molecule has 0 bridgehead atoms. The number of amidine groups is 1. The first-order chi connectivity index (χ1) is 18.1. The van der Waals surface area contributed by atoms with E-state index < -0.39 is 0 Å². The number of fused-ring (bicyclic) bond motifs is 1. The fourth-order valence-corrected chi connectivity index (χ4v) is 4.59. The Morgan fingerprint density at radius 2 is 1.78 bits per heavy atom. The molecule has 3 heterocycles. The number of nitrogens with zero attached hydrogens (tertiary/aromatic N) is 3. The maximum Gasteiger partial charge on any atom is 0.289 e. The lowest BCUT2D eigenvalue weighted by Crippen LogP contribution is -2.35. The highest BCUT2D eigenvalue weighted by atomic mass is 35.5. The molecule has 10 heteroatoms. The third kappa shape index (κ3) is 5.14. The second kappa shape index (κ2) is 9.84. The smallest absolute Gasteiger partial charge is 0.289 e. The lowest BCUT2D eigenvalue weighted by Gasteiger charge is -2.27. The van der Waals surface area contributed by atoms with E-state index in [0.29, 0.717) is 53.9 Å². The number of hydrogen-bond acceptors (Lipinski definition) is 8. The topological polar surface area (TPSA) is 89.9 Å². The Hall–Kier alpha value is -3.95. The van der Waals surface area contributed by atoms with Crippen molar-refractivity contribution in [1.29, 1.82) is 0 Å². The molecule has 6 rings (SSSR count). The molecule has 0 unspecified atom stereocenters. The number of benzene rings is 3. The van der Waals surface area contributed by atoms with Crippen LogP contribution in [0.1, 0.15) is 12.8 Å². The van der Waals surface area contributed by atoms with Gasteiger partial charge in [-0.05, 0) is 61.4 Å². The Morgan fingerprint density at radius 1 is 0.946 bits per heavy atom. The first-order valence-electron chi connectivity index (χ1n) is 11.9. The molecule has 4 aromatic rings. The van der Waals surface area contributed by atoms with Crippen LogP contribution in [0.25, 0.3) is 10.9 Å². The van der Waals surface area contributed by atoms with E-state index in [1.807, 2.05) is 24.3 Å². The third-order valence-corrected chi connectivity index (χ3v) is 6.64. The molecule has 0 atom stereocenters. The van der Waals surface area contributed by atoms with Gasteiger partial charge in [-0.25, -0.2) is 19.4 Å². The Morgan fingerprint density at radius 3 is 2.62 bits per heavy atom. The lowest BCUT2D eigenvalue weighted by atomic mass is 9.92. The van der Waals surface area contributed by atoms with Crippen LogP contribution in [0.15, 0.2) is 72.0 Å². The van der Waals surface area contributed by atoms with E-state index in [2.05, 4.69) is 20.6 Å². The molecular weight excluding hydrogens is 497 g/mol. The van der Waals surface area contributed by atoms with E-state index in [0.717, 1.165) is 29.4 Å².